The predicted octanol–water partition coefficient (Wildman–Crippen LogP) is 3.14. The highest BCUT2D eigenvalue weighted by Gasteiger charge is 2.45. The minimum absolute atomic E-state index is 0.0490. The highest BCUT2D eigenvalue weighted by molar-refractivity contribution is 7.13. The van der Waals surface area contributed by atoms with Crippen LogP contribution in [-0.4, -0.2) is 16.1 Å². The lowest BCUT2D eigenvalue weighted by Gasteiger charge is -1.95. The summed E-state index contributed by atoms with van der Waals surface area (Å²) in [6, 6.07) is 6.15. The number of hydrogen-bond donors (Lipinski definition) is 1. The fraction of sp³-hybridized carbons (Fsp3) is 0.231. The van der Waals surface area contributed by atoms with Crippen LogP contribution in [-0.2, 0) is 4.79 Å². The molecule has 0 saturated heterocycles. The number of nitrogens with zero attached hydrogens (tertiary/aromatic N) is 1. The molecule has 2 aromatic rings. The summed E-state index contributed by atoms with van der Waals surface area (Å²) in [6.07, 6.45) is 0.669. The molecule has 92 valence electrons. The van der Waals surface area contributed by atoms with Gasteiger partial charge in [0.15, 0.2) is 0 Å². The van der Waals surface area contributed by atoms with Gasteiger partial charge in [0, 0.05) is 16.9 Å². The number of hydrogen-bond acceptors (Lipinski definition) is 3. The van der Waals surface area contributed by atoms with Crippen LogP contribution in [0.4, 0.5) is 4.39 Å². The van der Waals surface area contributed by atoms with E-state index in [1.54, 1.807) is 12.1 Å². The molecule has 0 aliphatic heterocycles. The zero-order chi connectivity index (χ0) is 12.7. The van der Waals surface area contributed by atoms with Gasteiger partial charge in [0.2, 0.25) is 0 Å². The quantitative estimate of drug-likeness (QED) is 0.925. The smallest absolute Gasteiger partial charge is 0.307 e. The third kappa shape index (κ3) is 2.01. The van der Waals surface area contributed by atoms with Crippen molar-refractivity contribution in [3.8, 4) is 10.6 Å². The maximum atomic E-state index is 12.8. The van der Waals surface area contributed by atoms with E-state index in [-0.39, 0.29) is 17.7 Å². The molecule has 0 spiro atoms. The Labute approximate surface area is 107 Å². The minimum Gasteiger partial charge on any atom is -0.481 e. The van der Waals surface area contributed by atoms with E-state index in [4.69, 9.17) is 5.11 Å². The van der Waals surface area contributed by atoms with E-state index in [1.807, 2.05) is 5.38 Å². The fourth-order valence-corrected chi connectivity index (χ4v) is 2.87. The average molecular weight is 263 g/mol. The van der Waals surface area contributed by atoms with Gasteiger partial charge in [-0.1, -0.05) is 0 Å². The van der Waals surface area contributed by atoms with Gasteiger partial charge in [-0.05, 0) is 30.7 Å². The van der Waals surface area contributed by atoms with Gasteiger partial charge in [-0.15, -0.1) is 11.3 Å². The SMILES string of the molecule is O=C(O)C1CC1c1csc(-c2ccc(F)cc2)n1. The number of rotatable bonds is 3. The number of halogens is 1. The van der Waals surface area contributed by atoms with E-state index in [0.717, 1.165) is 16.3 Å². The van der Waals surface area contributed by atoms with Gasteiger partial charge in [-0.25, -0.2) is 9.37 Å². The molecule has 1 aromatic heterocycles. The number of thiazole rings is 1. The highest BCUT2D eigenvalue weighted by atomic mass is 32.1. The first-order chi connectivity index (χ1) is 8.65. The van der Waals surface area contributed by atoms with Gasteiger partial charge >= 0.3 is 5.97 Å². The van der Waals surface area contributed by atoms with Gasteiger partial charge in [0.1, 0.15) is 10.8 Å². The fourth-order valence-electron chi connectivity index (χ4n) is 1.98. The molecule has 1 aliphatic carbocycles. The van der Waals surface area contributed by atoms with E-state index >= 15 is 0 Å². The number of benzene rings is 1. The second-order valence-corrected chi connectivity index (χ2v) is 5.23. The Bertz CT molecular complexity index is 593. The van der Waals surface area contributed by atoms with Crippen molar-refractivity contribution in [1.82, 2.24) is 4.98 Å². The molecule has 5 heteroatoms. The Morgan fingerprint density at radius 3 is 2.72 bits per heavy atom. The Kier molecular flexibility index (Phi) is 2.63. The number of aromatic nitrogens is 1. The lowest BCUT2D eigenvalue weighted by atomic mass is 10.2. The zero-order valence-electron chi connectivity index (χ0n) is 9.34. The van der Waals surface area contributed by atoms with Crippen molar-refractivity contribution in [2.45, 2.75) is 12.3 Å². The molecule has 1 saturated carbocycles. The van der Waals surface area contributed by atoms with Crippen LogP contribution in [0.3, 0.4) is 0 Å². The van der Waals surface area contributed by atoms with E-state index in [9.17, 15) is 9.18 Å². The molecule has 1 fully saturated rings. The standard InChI is InChI=1S/C13H10FNO2S/c14-8-3-1-7(2-4-8)12-15-11(6-18-12)9-5-10(9)13(16)17/h1-4,6,9-10H,5H2,(H,16,17). The zero-order valence-corrected chi connectivity index (χ0v) is 10.2. The summed E-state index contributed by atoms with van der Waals surface area (Å²) in [6.45, 7) is 0. The molecule has 1 aromatic carbocycles. The van der Waals surface area contributed by atoms with Gasteiger partial charge < -0.3 is 5.11 Å². The van der Waals surface area contributed by atoms with Gasteiger partial charge in [-0.3, -0.25) is 4.79 Å². The third-order valence-corrected chi connectivity index (χ3v) is 4.01. The summed E-state index contributed by atoms with van der Waals surface area (Å²) in [5, 5.41) is 11.6. The molecule has 0 bridgehead atoms. The average Bonchev–Trinajstić information content (AvgIpc) is 3.02. The lowest BCUT2D eigenvalue weighted by molar-refractivity contribution is -0.138. The van der Waals surface area contributed by atoms with Crippen molar-refractivity contribution in [3.63, 3.8) is 0 Å². The first kappa shape index (κ1) is 11.3. The molecular formula is C13H10FNO2S. The van der Waals surface area contributed by atoms with Crippen LogP contribution in [0.25, 0.3) is 10.6 Å². The van der Waals surface area contributed by atoms with Crippen molar-refractivity contribution in [3.05, 3.63) is 41.2 Å². The molecule has 3 rings (SSSR count). The monoisotopic (exact) mass is 263 g/mol. The molecule has 1 aliphatic rings. The lowest BCUT2D eigenvalue weighted by Crippen LogP contribution is -1.98. The summed E-state index contributed by atoms with van der Waals surface area (Å²) in [5.74, 6) is -1.26. The van der Waals surface area contributed by atoms with Gasteiger partial charge in [-0.2, -0.15) is 0 Å². The summed E-state index contributed by atoms with van der Waals surface area (Å²) in [7, 11) is 0. The maximum Gasteiger partial charge on any atom is 0.307 e. The largest absolute Gasteiger partial charge is 0.481 e. The molecule has 3 nitrogen and oxygen atoms in total. The first-order valence-corrected chi connectivity index (χ1v) is 6.47. The van der Waals surface area contributed by atoms with E-state index in [2.05, 4.69) is 4.98 Å². The van der Waals surface area contributed by atoms with Crippen molar-refractivity contribution in [2.75, 3.05) is 0 Å². The van der Waals surface area contributed by atoms with E-state index < -0.39 is 5.97 Å². The van der Waals surface area contributed by atoms with Gasteiger partial charge in [0.25, 0.3) is 0 Å². The molecule has 1 N–H and O–H groups in total. The number of carboxylic acids is 1. The van der Waals surface area contributed by atoms with Crippen molar-refractivity contribution in [2.24, 2.45) is 5.92 Å². The van der Waals surface area contributed by atoms with E-state index in [0.29, 0.717) is 6.42 Å². The highest BCUT2D eigenvalue weighted by Crippen LogP contribution is 2.48. The number of carboxylic acid groups (broad SMARTS) is 1. The Morgan fingerprint density at radius 2 is 2.11 bits per heavy atom. The minimum atomic E-state index is -0.753. The van der Waals surface area contributed by atoms with Crippen LogP contribution in [0, 0.1) is 11.7 Å². The molecule has 2 unspecified atom stereocenters. The van der Waals surface area contributed by atoms with Crippen LogP contribution in [0.1, 0.15) is 18.0 Å². The van der Waals surface area contributed by atoms with Crippen LogP contribution in [0.2, 0.25) is 0 Å². The van der Waals surface area contributed by atoms with Crippen molar-refractivity contribution >= 4 is 17.3 Å². The normalized spacial score (nSPS) is 21.8. The molecular weight excluding hydrogens is 253 g/mol. The van der Waals surface area contributed by atoms with Crippen molar-refractivity contribution < 1.29 is 14.3 Å². The second-order valence-electron chi connectivity index (χ2n) is 4.37. The summed E-state index contributed by atoms with van der Waals surface area (Å²) >= 11 is 1.46. The van der Waals surface area contributed by atoms with Crippen LogP contribution < -0.4 is 0 Å². The topological polar surface area (TPSA) is 50.2 Å². The van der Waals surface area contributed by atoms with Crippen LogP contribution in [0.15, 0.2) is 29.6 Å². The maximum absolute atomic E-state index is 12.8. The molecule has 18 heavy (non-hydrogen) atoms. The molecule has 0 radical (unpaired) electrons. The number of aliphatic carboxylic acids is 1. The molecule has 2 atom stereocenters. The third-order valence-electron chi connectivity index (χ3n) is 3.10. The Balaban J connectivity index is 1.82. The van der Waals surface area contributed by atoms with E-state index in [1.165, 1.54) is 23.5 Å². The van der Waals surface area contributed by atoms with Gasteiger partial charge in [0.05, 0.1) is 11.6 Å². The molecule has 0 amide bonds. The second kappa shape index (κ2) is 4.17. The summed E-state index contributed by atoms with van der Waals surface area (Å²) < 4.78 is 12.8. The van der Waals surface area contributed by atoms with Crippen molar-refractivity contribution in [1.29, 1.82) is 0 Å². The van der Waals surface area contributed by atoms with Crippen LogP contribution in [0.5, 0.6) is 0 Å². The first-order valence-electron chi connectivity index (χ1n) is 5.59. The Hall–Kier alpha value is -1.75. The summed E-state index contributed by atoms with van der Waals surface area (Å²) in [4.78, 5) is 15.2. The molecule has 1 heterocycles. The summed E-state index contributed by atoms with van der Waals surface area (Å²) in [5.41, 5.74) is 1.70. The predicted molar refractivity (Wildman–Crippen MR) is 66.0 cm³/mol. The van der Waals surface area contributed by atoms with Crippen LogP contribution >= 0.6 is 11.3 Å². The Morgan fingerprint density at radius 1 is 1.39 bits per heavy atom. The number of carbonyl (C=O) groups is 1.